The first-order valence-corrected chi connectivity index (χ1v) is 13.6. The Hall–Kier alpha value is -0.180. The number of rotatable bonds is 12. The molecule has 1 aromatic carbocycles. The summed E-state index contributed by atoms with van der Waals surface area (Å²) in [5, 5.41) is 2.31. The molecule has 12 heteroatoms. The van der Waals surface area contributed by atoms with Gasteiger partial charge in [-0.2, -0.15) is 16.8 Å². The molecule has 1 rings (SSSR count). The maximum atomic E-state index is 10.8. The highest BCUT2D eigenvalue weighted by atomic mass is 32.3. The van der Waals surface area contributed by atoms with E-state index in [1.54, 1.807) is 13.8 Å². The molecule has 0 amide bonds. The van der Waals surface area contributed by atoms with Gasteiger partial charge in [-0.15, -0.1) is 0 Å². The van der Waals surface area contributed by atoms with Gasteiger partial charge in [-0.3, -0.25) is 9.11 Å². The summed E-state index contributed by atoms with van der Waals surface area (Å²) in [7, 11) is -8.06. The first-order chi connectivity index (χ1) is 12.7. The topological polar surface area (TPSA) is 127 Å². The molecule has 1 aromatic rings. The summed E-state index contributed by atoms with van der Waals surface area (Å²) in [6.07, 6.45) is -0.288. The highest BCUT2D eigenvalue weighted by Crippen LogP contribution is 2.28. The van der Waals surface area contributed by atoms with E-state index in [4.69, 9.17) is 9.11 Å². The molecule has 8 nitrogen and oxygen atoms in total. The van der Waals surface area contributed by atoms with E-state index in [2.05, 4.69) is 8.37 Å². The maximum absolute atomic E-state index is 10.8. The largest absolute Gasteiger partial charge is 0.397 e. The normalized spacial score (nSPS) is 17.9. The Balaban J connectivity index is 2.69. The Labute approximate surface area is 171 Å². The molecule has 2 unspecified atom stereocenters. The summed E-state index contributed by atoms with van der Waals surface area (Å²) >= 11 is 0. The van der Waals surface area contributed by atoms with Gasteiger partial charge in [0.25, 0.3) is 0 Å². The van der Waals surface area contributed by atoms with Crippen molar-refractivity contribution in [1.82, 2.24) is 0 Å². The first-order valence-electron chi connectivity index (χ1n) is 8.68. The zero-order valence-electron chi connectivity index (χ0n) is 16.2. The van der Waals surface area contributed by atoms with Crippen LogP contribution in [0, 0.1) is 0 Å². The van der Waals surface area contributed by atoms with E-state index in [1.165, 1.54) is 0 Å². The lowest BCUT2D eigenvalue weighted by molar-refractivity contribution is 0.188. The van der Waals surface area contributed by atoms with Gasteiger partial charge in [0.15, 0.2) is 0 Å². The monoisotopic (exact) mass is 474 g/mol. The molecule has 162 valence electrons. The summed E-state index contributed by atoms with van der Waals surface area (Å²) in [5.74, 6) is 0. The highest BCUT2D eigenvalue weighted by Gasteiger charge is 2.19. The van der Waals surface area contributed by atoms with Crippen LogP contribution in [0.3, 0.4) is 0 Å². The molecule has 0 spiro atoms. The van der Waals surface area contributed by atoms with Gasteiger partial charge in [0.1, 0.15) is 0 Å². The summed E-state index contributed by atoms with van der Waals surface area (Å²) in [4.78, 5) is 0. The fourth-order valence-corrected chi connectivity index (χ4v) is 7.12. The first kappa shape index (κ1) is 25.9. The number of benzene rings is 1. The molecule has 6 atom stereocenters. The molecule has 0 heterocycles. The van der Waals surface area contributed by atoms with Crippen LogP contribution in [0.2, 0.25) is 0 Å². The highest BCUT2D eigenvalue weighted by molar-refractivity contribution is 7.81. The minimum absolute atomic E-state index is 0.153. The van der Waals surface area contributed by atoms with Gasteiger partial charge >= 0.3 is 20.8 Å². The van der Waals surface area contributed by atoms with E-state index in [-0.39, 0.29) is 11.3 Å². The van der Waals surface area contributed by atoms with Crippen molar-refractivity contribution in [3.63, 3.8) is 0 Å². The lowest BCUT2D eigenvalue weighted by Gasteiger charge is -2.20. The van der Waals surface area contributed by atoms with Gasteiger partial charge in [0, 0.05) is 0 Å². The molecule has 0 radical (unpaired) electrons. The van der Waals surface area contributed by atoms with Crippen molar-refractivity contribution in [3.8, 4) is 0 Å². The van der Waals surface area contributed by atoms with Crippen molar-refractivity contribution in [2.45, 2.75) is 64.1 Å². The van der Waals surface area contributed by atoms with Crippen molar-refractivity contribution in [1.29, 1.82) is 0 Å². The third kappa shape index (κ3) is 11.7. The van der Waals surface area contributed by atoms with Gasteiger partial charge < -0.3 is 0 Å². The van der Waals surface area contributed by atoms with Crippen LogP contribution >= 0.6 is 17.2 Å². The quantitative estimate of drug-likeness (QED) is 0.349. The second-order valence-electron chi connectivity index (χ2n) is 6.78. The lowest BCUT2D eigenvalue weighted by atomic mass is 10.2. The van der Waals surface area contributed by atoms with E-state index in [1.807, 2.05) is 38.1 Å². The van der Waals surface area contributed by atoms with Crippen LogP contribution in [0.1, 0.15) is 40.5 Å². The lowest BCUT2D eigenvalue weighted by Crippen LogP contribution is -2.24. The van der Waals surface area contributed by atoms with E-state index < -0.39 is 33.0 Å². The summed E-state index contributed by atoms with van der Waals surface area (Å²) < 4.78 is 69.9. The molecule has 0 aliphatic carbocycles. The molecule has 0 aromatic heterocycles. The minimum Gasteiger partial charge on any atom is -0.264 e. The Morgan fingerprint density at radius 1 is 0.786 bits per heavy atom. The Morgan fingerprint density at radius 2 is 1.11 bits per heavy atom. The second kappa shape index (κ2) is 11.3. The average molecular weight is 474 g/mol. The Kier molecular flexibility index (Phi) is 10.4. The minimum atomic E-state index is -4.46. The summed E-state index contributed by atoms with van der Waals surface area (Å²) in [5.41, 5.74) is 0.305. The number of hydrogen-bond acceptors (Lipinski definition) is 6. The van der Waals surface area contributed by atoms with Gasteiger partial charge in [-0.25, -0.2) is 8.37 Å². The van der Waals surface area contributed by atoms with Gasteiger partial charge in [0.05, 0.1) is 12.2 Å². The fourth-order valence-electron chi connectivity index (χ4n) is 2.87. The predicted molar refractivity (Wildman–Crippen MR) is 115 cm³/mol. The van der Waals surface area contributed by atoms with Gasteiger partial charge in [-0.05, 0) is 48.6 Å². The van der Waals surface area contributed by atoms with Crippen LogP contribution < -0.4 is 10.6 Å². The molecule has 0 aliphatic rings. The summed E-state index contributed by atoms with van der Waals surface area (Å²) in [6, 6.07) is 7.93. The predicted octanol–water partition coefficient (Wildman–Crippen LogP) is 2.27. The Bertz CT molecular complexity index is 760. The second-order valence-corrected chi connectivity index (χ2v) is 12.5. The molecular weight excluding hydrogens is 446 g/mol. The van der Waals surface area contributed by atoms with Gasteiger partial charge in [0.2, 0.25) is 0 Å². The molecule has 0 aliphatic heterocycles. The van der Waals surface area contributed by atoms with Crippen LogP contribution in [0.15, 0.2) is 24.3 Å². The zero-order chi connectivity index (χ0) is 21.5. The van der Waals surface area contributed by atoms with E-state index in [0.717, 1.165) is 10.6 Å². The molecule has 0 bridgehead atoms. The van der Waals surface area contributed by atoms with Crippen LogP contribution in [-0.2, 0) is 29.2 Å². The molecule has 0 fully saturated rings. The molecular formula is C16H28O8P2S2. The zero-order valence-corrected chi connectivity index (χ0v) is 19.8. The van der Waals surface area contributed by atoms with Crippen molar-refractivity contribution in [2.24, 2.45) is 0 Å². The maximum Gasteiger partial charge on any atom is 0.397 e. The Morgan fingerprint density at radius 3 is 1.39 bits per heavy atom. The van der Waals surface area contributed by atoms with E-state index >= 15 is 0 Å². The fraction of sp³-hybridized carbons (Fsp3) is 0.625. The number of hydrogen-bond donors (Lipinski definition) is 2. The van der Waals surface area contributed by atoms with Crippen LogP contribution in [0.25, 0.3) is 0 Å². The van der Waals surface area contributed by atoms with Crippen LogP contribution in [-0.4, -0.2) is 49.5 Å². The van der Waals surface area contributed by atoms with Crippen molar-refractivity contribution in [3.05, 3.63) is 24.3 Å². The molecule has 2 N–H and O–H groups in total. The average Bonchev–Trinajstić information content (AvgIpc) is 2.44. The van der Waals surface area contributed by atoms with Crippen molar-refractivity contribution < 1.29 is 34.3 Å². The van der Waals surface area contributed by atoms with Crippen LogP contribution in [0.5, 0.6) is 0 Å². The summed E-state index contributed by atoms with van der Waals surface area (Å²) in [6.45, 7) is 7.18. The standard InChI is InChI=1S/C16H28O8P2S2/c1-11(23-27(17,18)19)9-13(3)25-15-7-5-6-8-16(15)26-14(4)10-12(2)24-28(20,21)22/h5-8,11-14,25-26H,9-10H2,1-4H3,(H,17,18,19)(H,20,21,22)/t11-,12-,13+,14+/m0/s1. The van der Waals surface area contributed by atoms with Crippen molar-refractivity contribution in [2.75, 3.05) is 0 Å². The molecule has 0 saturated carbocycles. The third-order valence-electron chi connectivity index (χ3n) is 3.67. The third-order valence-corrected chi connectivity index (χ3v) is 8.02. The van der Waals surface area contributed by atoms with E-state index in [0.29, 0.717) is 30.0 Å². The smallest absolute Gasteiger partial charge is 0.264 e. The van der Waals surface area contributed by atoms with Gasteiger partial charge in [-0.1, -0.05) is 55.3 Å². The molecule has 0 saturated heterocycles. The van der Waals surface area contributed by atoms with Crippen LogP contribution in [0.4, 0.5) is 0 Å². The van der Waals surface area contributed by atoms with E-state index in [9.17, 15) is 16.8 Å². The molecule has 28 heavy (non-hydrogen) atoms. The van der Waals surface area contributed by atoms with Crippen molar-refractivity contribution >= 4 is 48.6 Å². The SMILES string of the molecule is C[C@H](C[C@H](C)OS(=O)(=O)O)Pc1ccccc1P[C@H](C)C[C@H](C)OS(=O)(=O)O.